The molecule has 0 fully saturated rings. The maximum Gasteiger partial charge on any atom is 0.147 e. The van der Waals surface area contributed by atoms with Crippen molar-refractivity contribution in [2.75, 3.05) is 25.7 Å². The van der Waals surface area contributed by atoms with Gasteiger partial charge in [-0.05, 0) is 38.4 Å². The van der Waals surface area contributed by atoms with Crippen LogP contribution in [-0.4, -0.2) is 40.1 Å². The molecule has 4 nitrogen and oxygen atoms in total. The van der Waals surface area contributed by atoms with Crippen molar-refractivity contribution in [1.82, 2.24) is 5.32 Å². The lowest BCUT2D eigenvalue weighted by molar-refractivity contribution is 0.284. The summed E-state index contributed by atoms with van der Waals surface area (Å²) in [7, 11) is -0.954. The summed E-state index contributed by atoms with van der Waals surface area (Å²) < 4.78 is 27.7. The number of hydrogen-bond donors (Lipinski definition) is 1. The van der Waals surface area contributed by atoms with E-state index in [1.54, 1.807) is 0 Å². The fourth-order valence-corrected chi connectivity index (χ4v) is 2.55. The fourth-order valence-electron chi connectivity index (χ4n) is 1.86. The topological polar surface area (TPSA) is 55.4 Å². The van der Waals surface area contributed by atoms with Crippen LogP contribution in [0.15, 0.2) is 30.3 Å². The van der Waals surface area contributed by atoms with Crippen LogP contribution in [0, 0.1) is 0 Å². The first-order chi connectivity index (χ1) is 9.01. The molecule has 0 radical (unpaired) electrons. The van der Waals surface area contributed by atoms with E-state index in [-0.39, 0.29) is 5.75 Å². The van der Waals surface area contributed by atoms with E-state index < -0.39 is 9.84 Å². The molecule has 0 saturated heterocycles. The first kappa shape index (κ1) is 16.0. The minimum atomic E-state index is -2.85. The molecule has 1 aromatic carbocycles. The SMILES string of the molecule is CNC(CCCS(C)(=O)=O)CCOc1ccccc1. The molecule has 1 unspecified atom stereocenters. The molecule has 0 saturated carbocycles. The maximum atomic E-state index is 11.1. The van der Waals surface area contributed by atoms with Crippen molar-refractivity contribution in [2.45, 2.75) is 25.3 Å². The van der Waals surface area contributed by atoms with Crippen LogP contribution in [0.5, 0.6) is 5.75 Å². The highest BCUT2D eigenvalue weighted by Gasteiger charge is 2.09. The molecule has 0 bridgehead atoms. The Balaban J connectivity index is 2.22. The lowest BCUT2D eigenvalue weighted by atomic mass is 10.1. The fraction of sp³-hybridized carbons (Fsp3) is 0.571. The lowest BCUT2D eigenvalue weighted by Crippen LogP contribution is -2.27. The Bertz CT molecular complexity index is 445. The molecule has 1 rings (SSSR count). The van der Waals surface area contributed by atoms with Gasteiger partial charge in [0.2, 0.25) is 0 Å². The van der Waals surface area contributed by atoms with E-state index in [1.165, 1.54) is 6.26 Å². The van der Waals surface area contributed by atoms with Crippen molar-refractivity contribution in [3.63, 3.8) is 0 Å². The van der Waals surface area contributed by atoms with Gasteiger partial charge in [0.25, 0.3) is 0 Å². The number of ether oxygens (including phenoxy) is 1. The van der Waals surface area contributed by atoms with Crippen LogP contribution < -0.4 is 10.1 Å². The first-order valence-corrected chi connectivity index (χ1v) is 8.60. The Morgan fingerprint density at radius 2 is 1.89 bits per heavy atom. The summed E-state index contributed by atoms with van der Waals surface area (Å²) in [6.45, 7) is 0.633. The van der Waals surface area contributed by atoms with Crippen LogP contribution in [-0.2, 0) is 9.84 Å². The summed E-state index contributed by atoms with van der Waals surface area (Å²) in [4.78, 5) is 0. The zero-order valence-electron chi connectivity index (χ0n) is 11.6. The van der Waals surface area contributed by atoms with Crippen molar-refractivity contribution in [1.29, 1.82) is 0 Å². The highest BCUT2D eigenvalue weighted by atomic mass is 32.2. The summed E-state index contributed by atoms with van der Waals surface area (Å²) in [5.41, 5.74) is 0. The van der Waals surface area contributed by atoms with Crippen LogP contribution in [0.1, 0.15) is 19.3 Å². The summed E-state index contributed by atoms with van der Waals surface area (Å²) in [5, 5.41) is 3.20. The molecular formula is C14H23NO3S. The normalized spacial score (nSPS) is 13.2. The predicted octanol–water partition coefficient (Wildman–Crippen LogP) is 1.87. The second kappa shape index (κ2) is 8.17. The average Bonchev–Trinajstić information content (AvgIpc) is 2.37. The van der Waals surface area contributed by atoms with Gasteiger partial charge in [-0.1, -0.05) is 18.2 Å². The summed E-state index contributed by atoms with van der Waals surface area (Å²) >= 11 is 0. The predicted molar refractivity (Wildman–Crippen MR) is 78.3 cm³/mol. The van der Waals surface area contributed by atoms with Crippen molar-refractivity contribution < 1.29 is 13.2 Å². The van der Waals surface area contributed by atoms with Gasteiger partial charge in [-0.25, -0.2) is 8.42 Å². The molecule has 0 aromatic heterocycles. The van der Waals surface area contributed by atoms with Gasteiger partial charge in [0.05, 0.1) is 6.61 Å². The van der Waals surface area contributed by atoms with E-state index in [4.69, 9.17) is 4.74 Å². The van der Waals surface area contributed by atoms with Gasteiger partial charge in [-0.2, -0.15) is 0 Å². The monoisotopic (exact) mass is 285 g/mol. The first-order valence-electron chi connectivity index (χ1n) is 6.54. The van der Waals surface area contributed by atoms with Crippen molar-refractivity contribution in [3.05, 3.63) is 30.3 Å². The zero-order chi connectivity index (χ0) is 14.1. The van der Waals surface area contributed by atoms with Crippen LogP contribution in [0.25, 0.3) is 0 Å². The zero-order valence-corrected chi connectivity index (χ0v) is 12.4. The highest BCUT2D eigenvalue weighted by molar-refractivity contribution is 7.90. The standard InChI is InChI=1S/C14H23NO3S/c1-15-13(7-6-12-19(2,16)17)10-11-18-14-8-4-3-5-9-14/h3-5,8-9,13,15H,6-7,10-12H2,1-2H3. The third-order valence-electron chi connectivity index (χ3n) is 2.95. The minimum Gasteiger partial charge on any atom is -0.494 e. The van der Waals surface area contributed by atoms with E-state index in [1.807, 2.05) is 37.4 Å². The largest absolute Gasteiger partial charge is 0.494 e. The second-order valence-corrected chi connectivity index (χ2v) is 6.97. The third kappa shape index (κ3) is 7.85. The quantitative estimate of drug-likeness (QED) is 0.752. The number of benzene rings is 1. The molecule has 5 heteroatoms. The maximum absolute atomic E-state index is 11.1. The average molecular weight is 285 g/mol. The molecule has 0 amide bonds. The Kier molecular flexibility index (Phi) is 6.87. The molecule has 1 aromatic rings. The van der Waals surface area contributed by atoms with Crippen molar-refractivity contribution in [3.8, 4) is 5.75 Å². The van der Waals surface area contributed by atoms with Gasteiger partial charge in [-0.15, -0.1) is 0 Å². The van der Waals surface area contributed by atoms with E-state index in [2.05, 4.69) is 5.32 Å². The molecule has 0 spiro atoms. The van der Waals surface area contributed by atoms with Crippen LogP contribution in [0.4, 0.5) is 0 Å². The number of nitrogens with one attached hydrogen (secondary N) is 1. The summed E-state index contributed by atoms with van der Waals surface area (Å²) in [5.74, 6) is 1.12. The van der Waals surface area contributed by atoms with Crippen LogP contribution in [0.2, 0.25) is 0 Å². The number of rotatable bonds is 9. The number of sulfone groups is 1. The van der Waals surface area contributed by atoms with Gasteiger partial charge in [0.1, 0.15) is 15.6 Å². The van der Waals surface area contributed by atoms with Gasteiger partial charge in [0.15, 0.2) is 0 Å². The second-order valence-electron chi connectivity index (χ2n) is 4.71. The molecule has 0 aliphatic rings. The molecule has 0 heterocycles. The Morgan fingerprint density at radius 1 is 1.21 bits per heavy atom. The third-order valence-corrected chi connectivity index (χ3v) is 3.98. The van der Waals surface area contributed by atoms with Gasteiger partial charge in [0, 0.05) is 18.1 Å². The van der Waals surface area contributed by atoms with Crippen molar-refractivity contribution in [2.24, 2.45) is 0 Å². The molecule has 108 valence electrons. The van der Waals surface area contributed by atoms with Gasteiger partial charge >= 0.3 is 0 Å². The van der Waals surface area contributed by atoms with Gasteiger partial charge < -0.3 is 10.1 Å². The Hall–Kier alpha value is -1.07. The Morgan fingerprint density at radius 3 is 2.47 bits per heavy atom. The lowest BCUT2D eigenvalue weighted by Gasteiger charge is -2.16. The van der Waals surface area contributed by atoms with Gasteiger partial charge in [-0.3, -0.25) is 0 Å². The molecule has 1 N–H and O–H groups in total. The molecule has 0 aliphatic carbocycles. The number of para-hydroxylation sites is 1. The number of hydrogen-bond acceptors (Lipinski definition) is 4. The smallest absolute Gasteiger partial charge is 0.147 e. The minimum absolute atomic E-state index is 0.255. The van der Waals surface area contributed by atoms with Crippen molar-refractivity contribution >= 4 is 9.84 Å². The summed E-state index contributed by atoms with van der Waals surface area (Å²) in [6, 6.07) is 9.99. The Labute approximate surface area is 116 Å². The van der Waals surface area contributed by atoms with E-state index in [9.17, 15) is 8.42 Å². The van der Waals surface area contributed by atoms with Crippen LogP contribution >= 0.6 is 0 Å². The summed E-state index contributed by atoms with van der Waals surface area (Å²) in [6.07, 6.45) is 3.69. The molecule has 1 atom stereocenters. The van der Waals surface area contributed by atoms with E-state index >= 15 is 0 Å². The van der Waals surface area contributed by atoms with Crippen LogP contribution in [0.3, 0.4) is 0 Å². The molecule has 0 aliphatic heterocycles. The van der Waals surface area contributed by atoms with E-state index in [0.29, 0.717) is 19.1 Å². The molecular weight excluding hydrogens is 262 g/mol. The highest BCUT2D eigenvalue weighted by Crippen LogP contribution is 2.10. The molecule has 19 heavy (non-hydrogen) atoms. The van der Waals surface area contributed by atoms with E-state index in [0.717, 1.165) is 18.6 Å².